The van der Waals surface area contributed by atoms with E-state index in [1.54, 1.807) is 12.4 Å². The summed E-state index contributed by atoms with van der Waals surface area (Å²) in [5, 5.41) is 3.81. The highest BCUT2D eigenvalue weighted by Crippen LogP contribution is 2.54. The van der Waals surface area contributed by atoms with Crippen molar-refractivity contribution in [2.75, 3.05) is 9.80 Å². The molecule has 10 nitrogen and oxygen atoms in total. The highest BCUT2D eigenvalue weighted by Gasteiger charge is 2.30. The van der Waals surface area contributed by atoms with Gasteiger partial charge in [0.1, 0.15) is 0 Å². The van der Waals surface area contributed by atoms with Gasteiger partial charge in [0.2, 0.25) is 11.8 Å². The molecule has 0 spiro atoms. The van der Waals surface area contributed by atoms with Gasteiger partial charge in [-0.1, -0.05) is 60.7 Å². The Morgan fingerprint density at radius 3 is 1.13 bits per heavy atom. The van der Waals surface area contributed by atoms with Crippen molar-refractivity contribution in [2.45, 2.75) is 0 Å². The average molecular weight is 777 g/mol. The number of hydrogen-bond acceptors (Lipinski definition) is 10. The molecule has 7 aromatic carbocycles. The Bertz CT molecular complexity index is 3170. The fourth-order valence-corrected chi connectivity index (χ4v) is 8.59. The van der Waals surface area contributed by atoms with Crippen molar-refractivity contribution in [3.63, 3.8) is 0 Å². The third kappa shape index (κ3) is 4.88. The number of ether oxygens (including phenoxy) is 2. The summed E-state index contributed by atoms with van der Waals surface area (Å²) in [4.78, 5) is 23.4. The molecule has 0 saturated heterocycles. The molecule has 13 rings (SSSR count). The van der Waals surface area contributed by atoms with Crippen molar-refractivity contribution in [3.05, 3.63) is 170 Å². The zero-order valence-corrected chi connectivity index (χ0v) is 31.5. The lowest BCUT2D eigenvalue weighted by molar-refractivity contribution is 0.477. The highest BCUT2D eigenvalue weighted by atomic mass is 16.5. The zero-order chi connectivity index (χ0) is 39.3. The summed E-state index contributed by atoms with van der Waals surface area (Å²) in [6.07, 6.45) is 3.45. The Morgan fingerprint density at radius 2 is 0.750 bits per heavy atom. The number of benzene rings is 7. The average Bonchev–Trinajstić information content (AvgIpc) is 3.94. The van der Waals surface area contributed by atoms with E-state index in [-0.39, 0.29) is 0 Å². The third-order valence-corrected chi connectivity index (χ3v) is 11.2. The minimum atomic E-state index is 0.460. The quantitative estimate of drug-likeness (QED) is 0.160. The predicted octanol–water partition coefficient (Wildman–Crippen LogP) is 13.6. The lowest BCUT2D eigenvalue weighted by atomic mass is 9.93. The molecule has 0 radical (unpaired) electrons. The second kappa shape index (κ2) is 12.5. The standard InChI is InChI=1S/C50H28N6O4/c1-5-15-41-37(11-1)55(38-12-2-6-16-42(38)57-41)29-25-33-31(35(27-29)49-53-47-45(59-49)19-9-23-51-47)21-22-32-34(33)26-30(28-36(32)50-54-48-46(60-50)20-10-24-52-48)56-39-13-3-7-17-43(39)58-44-18-8-4-14-40(44)56/h1-28H. The van der Waals surface area contributed by atoms with E-state index in [0.29, 0.717) is 34.2 Å². The van der Waals surface area contributed by atoms with E-state index in [1.807, 2.05) is 97.1 Å². The summed E-state index contributed by atoms with van der Waals surface area (Å²) in [6, 6.07) is 52.8. The first-order chi connectivity index (χ1) is 29.7. The van der Waals surface area contributed by atoms with E-state index in [2.05, 4.69) is 80.4 Å². The first-order valence-electron chi connectivity index (χ1n) is 19.5. The minimum Gasteiger partial charge on any atom is -0.453 e. The van der Waals surface area contributed by atoms with Gasteiger partial charge in [0.05, 0.1) is 22.7 Å². The van der Waals surface area contributed by atoms with Gasteiger partial charge in [-0.3, -0.25) is 0 Å². The lowest BCUT2D eigenvalue weighted by Crippen LogP contribution is -2.16. The maximum atomic E-state index is 6.51. The SMILES string of the molecule is c1ccc2c(c1)Oc1ccccc1N2c1cc(-c2nc3ncccc3o2)c2ccc3c(-c4nc5ncccc5o4)cc(N4c5ccccc5Oc5ccccc54)cc3c2c1. The number of para-hydroxylation sites is 8. The van der Waals surface area contributed by atoms with Gasteiger partial charge in [-0.15, -0.1) is 0 Å². The van der Waals surface area contributed by atoms with E-state index in [1.165, 1.54) is 0 Å². The van der Waals surface area contributed by atoms with Crippen LogP contribution in [0.4, 0.5) is 34.1 Å². The molecule has 282 valence electrons. The van der Waals surface area contributed by atoms with Crippen LogP contribution in [-0.4, -0.2) is 19.9 Å². The summed E-state index contributed by atoms with van der Waals surface area (Å²) in [7, 11) is 0. The Kier molecular flexibility index (Phi) is 6.78. The summed E-state index contributed by atoms with van der Waals surface area (Å²) in [6.45, 7) is 0. The first-order valence-corrected chi connectivity index (χ1v) is 19.5. The van der Waals surface area contributed by atoms with Crippen molar-refractivity contribution in [3.8, 4) is 45.9 Å². The van der Waals surface area contributed by atoms with Gasteiger partial charge in [0.15, 0.2) is 45.5 Å². The molecule has 11 aromatic rings. The molecule has 0 bridgehead atoms. The maximum absolute atomic E-state index is 6.51. The number of aromatic nitrogens is 4. The van der Waals surface area contributed by atoms with Crippen LogP contribution in [0.15, 0.2) is 179 Å². The Balaban J connectivity index is 1.16. The molecule has 0 unspecified atom stereocenters. The molecule has 0 saturated carbocycles. The third-order valence-electron chi connectivity index (χ3n) is 11.2. The summed E-state index contributed by atoms with van der Waals surface area (Å²) in [5.41, 5.74) is 9.30. The van der Waals surface area contributed by atoms with Crippen LogP contribution >= 0.6 is 0 Å². The van der Waals surface area contributed by atoms with Crippen LogP contribution < -0.4 is 19.3 Å². The normalized spacial score (nSPS) is 12.9. The van der Waals surface area contributed by atoms with Gasteiger partial charge in [0.25, 0.3) is 0 Å². The van der Waals surface area contributed by atoms with E-state index in [4.69, 9.17) is 28.3 Å². The topological polar surface area (TPSA) is 103 Å². The number of pyridine rings is 2. The van der Waals surface area contributed by atoms with Crippen LogP contribution in [0.3, 0.4) is 0 Å². The van der Waals surface area contributed by atoms with Crippen LogP contribution in [0.2, 0.25) is 0 Å². The molecule has 2 aliphatic rings. The van der Waals surface area contributed by atoms with Crippen LogP contribution in [0.1, 0.15) is 0 Å². The second-order valence-corrected chi connectivity index (χ2v) is 14.7. The molecule has 0 atom stereocenters. The van der Waals surface area contributed by atoms with Crippen molar-refractivity contribution in [1.29, 1.82) is 0 Å². The number of oxazole rings is 2. The summed E-state index contributed by atoms with van der Waals surface area (Å²) in [5.74, 6) is 3.92. The van der Waals surface area contributed by atoms with Gasteiger partial charge in [-0.05, 0) is 119 Å². The van der Waals surface area contributed by atoms with Crippen LogP contribution in [0.25, 0.3) is 66.9 Å². The highest BCUT2D eigenvalue weighted by molar-refractivity contribution is 6.18. The Labute approximate surface area is 341 Å². The molecule has 0 N–H and O–H groups in total. The zero-order valence-electron chi connectivity index (χ0n) is 31.5. The molecule has 4 aromatic heterocycles. The maximum Gasteiger partial charge on any atom is 0.229 e. The number of fused-ring (bicyclic) bond motifs is 9. The Morgan fingerprint density at radius 1 is 0.367 bits per heavy atom. The number of anilines is 6. The minimum absolute atomic E-state index is 0.460. The number of rotatable bonds is 4. The summed E-state index contributed by atoms with van der Waals surface area (Å²) >= 11 is 0. The van der Waals surface area contributed by atoms with Crippen molar-refractivity contribution >= 4 is 78.1 Å². The van der Waals surface area contributed by atoms with Crippen molar-refractivity contribution < 1.29 is 18.3 Å². The van der Waals surface area contributed by atoms with Gasteiger partial charge in [0, 0.05) is 34.9 Å². The van der Waals surface area contributed by atoms with E-state index >= 15 is 0 Å². The summed E-state index contributed by atoms with van der Waals surface area (Å²) < 4.78 is 25.9. The molecular weight excluding hydrogens is 749 g/mol. The molecule has 10 heteroatoms. The second-order valence-electron chi connectivity index (χ2n) is 14.7. The molecule has 6 heterocycles. The van der Waals surface area contributed by atoms with Gasteiger partial charge >= 0.3 is 0 Å². The monoisotopic (exact) mass is 776 g/mol. The van der Waals surface area contributed by atoms with Crippen LogP contribution in [0, 0.1) is 0 Å². The number of nitrogens with zero attached hydrogens (tertiary/aromatic N) is 6. The lowest BCUT2D eigenvalue weighted by Gasteiger charge is -2.33. The molecule has 2 aliphatic heterocycles. The molecular formula is C50H28N6O4. The van der Waals surface area contributed by atoms with Gasteiger partial charge < -0.3 is 28.1 Å². The van der Waals surface area contributed by atoms with E-state index in [0.717, 1.165) is 89.8 Å². The van der Waals surface area contributed by atoms with E-state index in [9.17, 15) is 0 Å². The molecule has 60 heavy (non-hydrogen) atoms. The largest absolute Gasteiger partial charge is 0.453 e. The molecule has 0 fully saturated rings. The smallest absolute Gasteiger partial charge is 0.229 e. The number of hydrogen-bond donors (Lipinski definition) is 0. The van der Waals surface area contributed by atoms with Crippen molar-refractivity contribution in [1.82, 2.24) is 19.9 Å². The van der Waals surface area contributed by atoms with Crippen LogP contribution in [0.5, 0.6) is 23.0 Å². The predicted molar refractivity (Wildman–Crippen MR) is 233 cm³/mol. The van der Waals surface area contributed by atoms with Crippen molar-refractivity contribution in [2.24, 2.45) is 0 Å². The fraction of sp³-hybridized carbons (Fsp3) is 0. The Hall–Kier alpha value is -8.50. The molecule has 0 aliphatic carbocycles. The van der Waals surface area contributed by atoms with Gasteiger partial charge in [-0.2, -0.15) is 9.97 Å². The van der Waals surface area contributed by atoms with Crippen LogP contribution in [-0.2, 0) is 0 Å². The van der Waals surface area contributed by atoms with E-state index < -0.39 is 0 Å². The first kappa shape index (κ1) is 32.6. The molecule has 0 amide bonds. The van der Waals surface area contributed by atoms with Gasteiger partial charge in [-0.25, -0.2) is 9.97 Å². The fourth-order valence-electron chi connectivity index (χ4n) is 8.59.